The average Bonchev–Trinajstić information content (AvgIpc) is 1.88. The zero-order chi connectivity index (χ0) is 6.69. The van der Waals surface area contributed by atoms with Gasteiger partial charge in [0.05, 0.1) is 5.57 Å². The van der Waals surface area contributed by atoms with Crippen molar-refractivity contribution in [3.8, 4) is 6.07 Å². The lowest BCUT2D eigenvalue weighted by Gasteiger charge is -2.06. The first-order valence-corrected chi connectivity index (χ1v) is 2.59. The highest BCUT2D eigenvalue weighted by molar-refractivity contribution is 5.34. The quantitative estimate of drug-likeness (QED) is 0.444. The van der Waals surface area contributed by atoms with Gasteiger partial charge in [0.2, 0.25) is 0 Å². The van der Waals surface area contributed by atoms with Crippen LogP contribution in [0.3, 0.4) is 0 Å². The van der Waals surface area contributed by atoms with Gasteiger partial charge >= 0.3 is 0 Å². The molecule has 1 rings (SSSR count). The van der Waals surface area contributed by atoms with Crippen LogP contribution in [0.2, 0.25) is 0 Å². The maximum atomic E-state index is 8.38. The molecule has 0 unspecified atom stereocenters. The molecular weight excluding hydrogens is 112 g/mol. The van der Waals surface area contributed by atoms with Gasteiger partial charge in [-0.25, -0.2) is 0 Å². The van der Waals surface area contributed by atoms with E-state index in [-0.39, 0.29) is 0 Å². The van der Waals surface area contributed by atoms with Gasteiger partial charge in [-0.1, -0.05) is 0 Å². The molecule has 0 atom stereocenters. The Morgan fingerprint density at radius 2 is 2.56 bits per heavy atom. The first-order valence-electron chi connectivity index (χ1n) is 2.59. The Hall–Kier alpha value is -1.45. The van der Waals surface area contributed by atoms with Crippen LogP contribution in [0.5, 0.6) is 0 Å². The van der Waals surface area contributed by atoms with Crippen molar-refractivity contribution in [3.05, 3.63) is 29.8 Å². The molecule has 0 N–H and O–H groups in total. The fraction of sp³-hybridized carbons (Fsp3) is 0.143. The third kappa shape index (κ3) is 1.22. The highest BCUT2D eigenvalue weighted by atomic mass is 15.0. The van der Waals surface area contributed by atoms with Gasteiger partial charge in [0.1, 0.15) is 6.07 Å². The summed E-state index contributed by atoms with van der Waals surface area (Å²) >= 11 is 0. The van der Waals surface area contributed by atoms with Gasteiger partial charge in [0.15, 0.2) is 0 Å². The molecule has 9 heavy (non-hydrogen) atoms. The first-order chi connectivity index (χ1) is 4.33. The van der Waals surface area contributed by atoms with Gasteiger partial charge in [-0.15, -0.1) is 5.73 Å². The number of nitriles is 1. The van der Waals surface area contributed by atoms with Crippen molar-refractivity contribution in [3.63, 3.8) is 0 Å². The summed E-state index contributed by atoms with van der Waals surface area (Å²) in [6.45, 7) is 0. The summed E-state index contributed by atoms with van der Waals surface area (Å²) in [4.78, 5) is 1.79. The zero-order valence-electron chi connectivity index (χ0n) is 5.13. The monoisotopic (exact) mass is 118 g/mol. The minimum atomic E-state index is 0.639. The standard InChI is InChI=1S/C7H6N2/c1-9-4-2-3-7(5-8)6-9/h3-4,6H,1H3. The van der Waals surface area contributed by atoms with Crippen molar-refractivity contribution in [2.75, 3.05) is 7.05 Å². The van der Waals surface area contributed by atoms with E-state index in [1.54, 1.807) is 23.4 Å². The van der Waals surface area contributed by atoms with Crippen molar-refractivity contribution in [2.24, 2.45) is 0 Å². The van der Waals surface area contributed by atoms with Crippen LogP contribution < -0.4 is 0 Å². The summed E-state index contributed by atoms with van der Waals surface area (Å²) in [5.41, 5.74) is 3.46. The maximum absolute atomic E-state index is 8.38. The summed E-state index contributed by atoms with van der Waals surface area (Å²) in [6, 6.07) is 2.02. The molecule has 0 aromatic rings. The number of rotatable bonds is 0. The largest absolute Gasteiger partial charge is 0.349 e. The van der Waals surface area contributed by atoms with Gasteiger partial charge < -0.3 is 4.90 Å². The highest BCUT2D eigenvalue weighted by Crippen LogP contribution is 2.00. The van der Waals surface area contributed by atoms with E-state index in [0.717, 1.165) is 0 Å². The Labute approximate surface area is 54.0 Å². The zero-order valence-corrected chi connectivity index (χ0v) is 5.13. The van der Waals surface area contributed by atoms with E-state index < -0.39 is 0 Å². The lowest BCUT2D eigenvalue weighted by Crippen LogP contribution is -2.02. The van der Waals surface area contributed by atoms with Crippen molar-refractivity contribution < 1.29 is 0 Å². The third-order valence-electron chi connectivity index (χ3n) is 0.989. The SMILES string of the molecule is CN1C=C=CC(C#N)=C1. The highest BCUT2D eigenvalue weighted by Gasteiger charge is 1.93. The predicted molar refractivity (Wildman–Crippen MR) is 34.1 cm³/mol. The third-order valence-corrected chi connectivity index (χ3v) is 0.989. The van der Waals surface area contributed by atoms with Crippen LogP contribution >= 0.6 is 0 Å². The van der Waals surface area contributed by atoms with Crippen LogP contribution in [0, 0.1) is 11.3 Å². The lowest BCUT2D eigenvalue weighted by molar-refractivity contribution is 0.621. The molecule has 1 aliphatic rings. The van der Waals surface area contributed by atoms with Crippen LogP contribution in [0.4, 0.5) is 0 Å². The Balaban J connectivity index is 2.92. The lowest BCUT2D eigenvalue weighted by atomic mass is 10.3. The van der Waals surface area contributed by atoms with E-state index in [2.05, 4.69) is 5.73 Å². The second-order valence-electron chi connectivity index (χ2n) is 1.80. The summed E-state index contributed by atoms with van der Waals surface area (Å²) in [5.74, 6) is 0. The van der Waals surface area contributed by atoms with E-state index in [1.165, 1.54) is 0 Å². The van der Waals surface area contributed by atoms with Gasteiger partial charge in [-0.2, -0.15) is 5.26 Å². The minimum absolute atomic E-state index is 0.639. The van der Waals surface area contributed by atoms with Crippen LogP contribution in [0.25, 0.3) is 0 Å². The maximum Gasteiger partial charge on any atom is 0.101 e. The average molecular weight is 118 g/mol. The molecule has 0 aromatic carbocycles. The summed E-state index contributed by atoms with van der Waals surface area (Å²) < 4.78 is 0. The second-order valence-corrected chi connectivity index (χ2v) is 1.80. The van der Waals surface area contributed by atoms with Gasteiger partial charge in [-0.05, 0) is 0 Å². The summed E-state index contributed by atoms with van der Waals surface area (Å²) in [7, 11) is 1.86. The van der Waals surface area contributed by atoms with E-state index in [9.17, 15) is 0 Å². The Bertz CT molecular complexity index is 236. The molecule has 0 aromatic heterocycles. The number of allylic oxidation sites excluding steroid dienone is 2. The van der Waals surface area contributed by atoms with Gasteiger partial charge in [0, 0.05) is 25.5 Å². The van der Waals surface area contributed by atoms with Gasteiger partial charge in [0.25, 0.3) is 0 Å². The molecule has 1 heterocycles. The predicted octanol–water partition coefficient (Wildman–Crippen LogP) is 1.01. The Kier molecular flexibility index (Phi) is 1.40. The Morgan fingerprint density at radius 1 is 1.78 bits per heavy atom. The van der Waals surface area contributed by atoms with Crippen LogP contribution in [0.15, 0.2) is 29.8 Å². The van der Waals surface area contributed by atoms with E-state index >= 15 is 0 Å². The fourth-order valence-corrected chi connectivity index (χ4v) is 0.600. The molecule has 0 fully saturated rings. The van der Waals surface area contributed by atoms with Crippen molar-refractivity contribution in [1.82, 2.24) is 4.90 Å². The van der Waals surface area contributed by atoms with Crippen molar-refractivity contribution >= 4 is 0 Å². The Morgan fingerprint density at radius 3 is 3.00 bits per heavy atom. The molecule has 0 spiro atoms. The normalized spacial score (nSPS) is 15.1. The van der Waals surface area contributed by atoms with Crippen LogP contribution in [-0.2, 0) is 0 Å². The molecule has 0 amide bonds. The summed E-state index contributed by atoms with van der Waals surface area (Å²) in [5, 5.41) is 8.38. The van der Waals surface area contributed by atoms with E-state index in [0.29, 0.717) is 5.57 Å². The number of nitrogens with zero attached hydrogens (tertiary/aromatic N) is 2. The summed E-state index contributed by atoms with van der Waals surface area (Å²) in [6.07, 6.45) is 5.16. The fourth-order valence-electron chi connectivity index (χ4n) is 0.600. The molecule has 1 aliphatic heterocycles. The molecular formula is C7H6N2. The van der Waals surface area contributed by atoms with Crippen molar-refractivity contribution in [2.45, 2.75) is 0 Å². The van der Waals surface area contributed by atoms with E-state index in [1.807, 2.05) is 13.1 Å². The number of hydrogen-bond acceptors (Lipinski definition) is 2. The second kappa shape index (κ2) is 2.21. The van der Waals surface area contributed by atoms with Gasteiger partial charge in [-0.3, -0.25) is 0 Å². The van der Waals surface area contributed by atoms with Crippen molar-refractivity contribution in [1.29, 1.82) is 5.26 Å². The smallest absolute Gasteiger partial charge is 0.101 e. The van der Waals surface area contributed by atoms with Crippen LogP contribution in [0.1, 0.15) is 0 Å². The molecule has 2 nitrogen and oxygen atoms in total. The molecule has 0 saturated carbocycles. The molecule has 0 saturated heterocycles. The van der Waals surface area contributed by atoms with E-state index in [4.69, 9.17) is 5.26 Å². The van der Waals surface area contributed by atoms with Crippen LogP contribution in [-0.4, -0.2) is 11.9 Å². The minimum Gasteiger partial charge on any atom is -0.349 e. The molecule has 0 radical (unpaired) electrons. The molecule has 2 heteroatoms. The topological polar surface area (TPSA) is 27.0 Å². The number of hydrogen-bond donors (Lipinski definition) is 0. The first kappa shape index (κ1) is 5.68. The molecule has 0 bridgehead atoms. The molecule has 0 aliphatic carbocycles. The molecule has 44 valence electrons.